The number of carbonyl (C=O) groups excluding carboxylic acids is 2. The standard InChI is InChI=1S/C13H8BrN3O2/c14-9-4-3-7(15)6-10(9)17-12(18)8-2-1-5-16-11(8)13(17)19/h1-6H,15H2. The molecule has 0 fully saturated rings. The molecule has 2 aromatic rings. The van der Waals surface area contributed by atoms with Crippen LogP contribution in [0.3, 0.4) is 0 Å². The first-order valence-electron chi connectivity index (χ1n) is 5.48. The van der Waals surface area contributed by atoms with Gasteiger partial charge in [-0.15, -0.1) is 0 Å². The molecule has 0 radical (unpaired) electrons. The van der Waals surface area contributed by atoms with Crippen LogP contribution in [-0.4, -0.2) is 16.8 Å². The van der Waals surface area contributed by atoms with E-state index in [1.165, 1.54) is 6.20 Å². The lowest BCUT2D eigenvalue weighted by molar-refractivity contribution is 0.0924. The summed E-state index contributed by atoms with van der Waals surface area (Å²) < 4.78 is 0.621. The van der Waals surface area contributed by atoms with Gasteiger partial charge in [0.25, 0.3) is 11.8 Å². The van der Waals surface area contributed by atoms with E-state index in [4.69, 9.17) is 5.73 Å². The zero-order chi connectivity index (χ0) is 13.6. The number of aromatic nitrogens is 1. The maximum absolute atomic E-state index is 12.3. The van der Waals surface area contributed by atoms with Crippen molar-refractivity contribution in [3.8, 4) is 0 Å². The van der Waals surface area contributed by atoms with Crippen molar-refractivity contribution in [1.29, 1.82) is 0 Å². The Kier molecular flexibility index (Phi) is 2.60. The lowest BCUT2D eigenvalue weighted by Gasteiger charge is -2.15. The van der Waals surface area contributed by atoms with Crippen LogP contribution in [-0.2, 0) is 0 Å². The smallest absolute Gasteiger partial charge is 0.284 e. The zero-order valence-corrected chi connectivity index (χ0v) is 11.2. The molecule has 2 heterocycles. The van der Waals surface area contributed by atoms with E-state index in [0.29, 0.717) is 21.4 Å². The summed E-state index contributed by atoms with van der Waals surface area (Å²) in [7, 11) is 0. The second kappa shape index (κ2) is 4.17. The number of fused-ring (bicyclic) bond motifs is 1. The van der Waals surface area contributed by atoms with Crippen molar-refractivity contribution < 1.29 is 9.59 Å². The van der Waals surface area contributed by atoms with E-state index in [0.717, 1.165) is 4.90 Å². The van der Waals surface area contributed by atoms with Gasteiger partial charge in [-0.1, -0.05) is 0 Å². The Morgan fingerprint density at radius 1 is 1.16 bits per heavy atom. The molecule has 0 aliphatic carbocycles. The first kappa shape index (κ1) is 11.9. The molecule has 19 heavy (non-hydrogen) atoms. The van der Waals surface area contributed by atoms with Gasteiger partial charge in [-0.25, -0.2) is 4.90 Å². The van der Waals surface area contributed by atoms with Crippen molar-refractivity contribution in [3.05, 3.63) is 52.3 Å². The molecule has 0 spiro atoms. The molecule has 0 saturated heterocycles. The Labute approximate surface area is 117 Å². The van der Waals surface area contributed by atoms with Gasteiger partial charge >= 0.3 is 0 Å². The predicted octanol–water partition coefficient (Wildman–Crippen LogP) is 2.23. The third-order valence-electron chi connectivity index (χ3n) is 2.86. The minimum atomic E-state index is -0.438. The molecule has 0 bridgehead atoms. The summed E-state index contributed by atoms with van der Waals surface area (Å²) in [6, 6.07) is 8.17. The number of hydrogen-bond donors (Lipinski definition) is 1. The molecule has 6 heteroatoms. The van der Waals surface area contributed by atoms with Crippen LogP contribution in [0.2, 0.25) is 0 Å². The van der Waals surface area contributed by atoms with Crippen LogP contribution < -0.4 is 10.6 Å². The van der Waals surface area contributed by atoms with Gasteiger partial charge in [0.05, 0.1) is 11.3 Å². The van der Waals surface area contributed by atoms with E-state index in [1.54, 1.807) is 30.3 Å². The maximum atomic E-state index is 12.3. The number of pyridine rings is 1. The molecule has 2 N–H and O–H groups in total. The van der Waals surface area contributed by atoms with E-state index in [1.807, 2.05) is 0 Å². The molecule has 1 aliphatic rings. The normalized spacial score (nSPS) is 13.8. The predicted molar refractivity (Wildman–Crippen MR) is 73.9 cm³/mol. The van der Waals surface area contributed by atoms with Crippen molar-refractivity contribution in [3.63, 3.8) is 0 Å². The molecule has 94 valence electrons. The number of benzene rings is 1. The van der Waals surface area contributed by atoms with Gasteiger partial charge < -0.3 is 5.73 Å². The molecule has 2 amide bonds. The van der Waals surface area contributed by atoms with Crippen LogP contribution >= 0.6 is 15.9 Å². The van der Waals surface area contributed by atoms with E-state index in [9.17, 15) is 9.59 Å². The summed E-state index contributed by atoms with van der Waals surface area (Å²) in [5, 5.41) is 0. The second-order valence-corrected chi connectivity index (χ2v) is 4.91. The number of amides is 2. The average molecular weight is 318 g/mol. The number of hydrogen-bond acceptors (Lipinski definition) is 4. The number of halogens is 1. The number of nitrogens with two attached hydrogens (primary N) is 1. The third kappa shape index (κ3) is 1.72. The number of imide groups is 1. The Hall–Kier alpha value is -2.21. The Balaban J connectivity index is 2.17. The fraction of sp³-hybridized carbons (Fsp3) is 0. The fourth-order valence-corrected chi connectivity index (χ4v) is 2.41. The molecular formula is C13H8BrN3O2. The molecule has 1 aromatic carbocycles. The Morgan fingerprint density at radius 2 is 1.95 bits per heavy atom. The highest BCUT2D eigenvalue weighted by Crippen LogP contribution is 2.33. The van der Waals surface area contributed by atoms with Crippen molar-refractivity contribution in [1.82, 2.24) is 4.98 Å². The van der Waals surface area contributed by atoms with Crippen molar-refractivity contribution in [2.24, 2.45) is 0 Å². The molecule has 1 aromatic heterocycles. The Bertz CT molecular complexity index is 680. The number of rotatable bonds is 1. The molecule has 5 nitrogen and oxygen atoms in total. The lowest BCUT2D eigenvalue weighted by Crippen LogP contribution is -2.29. The number of anilines is 2. The van der Waals surface area contributed by atoms with Gasteiger partial charge in [-0.05, 0) is 46.3 Å². The third-order valence-corrected chi connectivity index (χ3v) is 3.53. The minimum absolute atomic E-state index is 0.168. The monoisotopic (exact) mass is 317 g/mol. The summed E-state index contributed by atoms with van der Waals surface area (Å²) in [6.07, 6.45) is 1.49. The van der Waals surface area contributed by atoms with Crippen LogP contribution in [0.5, 0.6) is 0 Å². The summed E-state index contributed by atoms with van der Waals surface area (Å²) in [5.41, 5.74) is 7.08. The Morgan fingerprint density at radius 3 is 2.68 bits per heavy atom. The molecule has 1 aliphatic heterocycles. The minimum Gasteiger partial charge on any atom is -0.399 e. The van der Waals surface area contributed by atoms with Crippen LogP contribution in [0, 0.1) is 0 Å². The molecule has 0 unspecified atom stereocenters. The molecule has 3 rings (SSSR count). The van der Waals surface area contributed by atoms with E-state index >= 15 is 0 Å². The van der Waals surface area contributed by atoms with Crippen LogP contribution in [0.4, 0.5) is 11.4 Å². The zero-order valence-electron chi connectivity index (χ0n) is 9.63. The fourth-order valence-electron chi connectivity index (χ4n) is 1.99. The topological polar surface area (TPSA) is 76.3 Å². The number of nitrogens with zero attached hydrogens (tertiary/aromatic N) is 2. The van der Waals surface area contributed by atoms with Crippen molar-refractivity contribution >= 4 is 39.1 Å². The highest BCUT2D eigenvalue weighted by Gasteiger charge is 2.38. The quantitative estimate of drug-likeness (QED) is 0.646. The highest BCUT2D eigenvalue weighted by molar-refractivity contribution is 9.10. The lowest BCUT2D eigenvalue weighted by atomic mass is 10.2. The van der Waals surface area contributed by atoms with Crippen molar-refractivity contribution in [2.45, 2.75) is 0 Å². The second-order valence-electron chi connectivity index (χ2n) is 4.06. The van der Waals surface area contributed by atoms with Gasteiger partial charge in [0.1, 0.15) is 5.69 Å². The highest BCUT2D eigenvalue weighted by atomic mass is 79.9. The van der Waals surface area contributed by atoms with E-state index in [2.05, 4.69) is 20.9 Å². The van der Waals surface area contributed by atoms with Gasteiger partial charge in [-0.2, -0.15) is 0 Å². The van der Waals surface area contributed by atoms with E-state index in [-0.39, 0.29) is 11.6 Å². The van der Waals surface area contributed by atoms with E-state index < -0.39 is 5.91 Å². The summed E-state index contributed by atoms with van der Waals surface area (Å²) in [5.74, 6) is -0.827. The SMILES string of the molecule is Nc1ccc(Br)c(N2C(=O)c3cccnc3C2=O)c1. The van der Waals surface area contributed by atoms with Crippen LogP contribution in [0.25, 0.3) is 0 Å². The average Bonchev–Trinajstić information content (AvgIpc) is 2.66. The van der Waals surface area contributed by atoms with Crippen LogP contribution in [0.15, 0.2) is 41.0 Å². The summed E-state index contributed by atoms with van der Waals surface area (Å²) >= 11 is 3.32. The van der Waals surface area contributed by atoms with Gasteiger partial charge in [0.2, 0.25) is 0 Å². The summed E-state index contributed by atoms with van der Waals surface area (Å²) in [6.45, 7) is 0. The van der Waals surface area contributed by atoms with Crippen LogP contribution in [0.1, 0.15) is 20.8 Å². The molecular weight excluding hydrogens is 310 g/mol. The first-order valence-corrected chi connectivity index (χ1v) is 6.27. The first-order chi connectivity index (χ1) is 9.09. The van der Waals surface area contributed by atoms with Gasteiger partial charge in [0, 0.05) is 16.4 Å². The molecule has 0 atom stereocenters. The van der Waals surface area contributed by atoms with Crippen molar-refractivity contribution in [2.75, 3.05) is 10.6 Å². The number of nitrogen functional groups attached to an aromatic ring is 1. The van der Waals surface area contributed by atoms with Gasteiger partial charge in [-0.3, -0.25) is 14.6 Å². The summed E-state index contributed by atoms with van der Waals surface area (Å²) in [4.78, 5) is 29.6. The number of carbonyl (C=O) groups is 2. The molecule has 0 saturated carbocycles. The van der Waals surface area contributed by atoms with Gasteiger partial charge in [0.15, 0.2) is 0 Å². The largest absolute Gasteiger partial charge is 0.399 e. The maximum Gasteiger partial charge on any atom is 0.284 e.